The molecule has 3 rings (SSSR count). The molecule has 1 unspecified atom stereocenters. The fourth-order valence-corrected chi connectivity index (χ4v) is 3.25. The number of nitriles is 1. The summed E-state index contributed by atoms with van der Waals surface area (Å²) in [4.78, 5) is 18.2. The van der Waals surface area contributed by atoms with Crippen LogP contribution in [-0.4, -0.2) is 42.0 Å². The van der Waals surface area contributed by atoms with Crippen molar-refractivity contribution in [3.05, 3.63) is 53.7 Å². The highest BCUT2D eigenvalue weighted by atomic mass is 16.5. The van der Waals surface area contributed by atoms with Crippen LogP contribution < -0.4 is 10.1 Å². The normalized spacial score (nSPS) is 16.4. The minimum Gasteiger partial charge on any atom is -0.480 e. The van der Waals surface area contributed by atoms with Gasteiger partial charge in [0.1, 0.15) is 11.6 Å². The number of aryl methyl sites for hydroxylation is 1. The van der Waals surface area contributed by atoms with E-state index < -0.39 is 0 Å². The Kier molecular flexibility index (Phi) is 5.69. The first-order valence-corrected chi connectivity index (χ1v) is 8.72. The number of rotatable bonds is 7. The number of pyridine rings is 1. The summed E-state index contributed by atoms with van der Waals surface area (Å²) in [6, 6.07) is 14.1. The standard InChI is InChI=1S/C20H22N4O2/c1-26-20-17(13-21)18(9-10-22-20)23-16-12-19(25)24(14-16)11-5-8-15-6-3-2-4-7-15/h2-4,6-7,9-10,16H,5,8,11-12,14H2,1H3,(H,22,23). The van der Waals surface area contributed by atoms with Crippen molar-refractivity contribution in [2.45, 2.75) is 25.3 Å². The second-order valence-electron chi connectivity index (χ2n) is 6.33. The van der Waals surface area contributed by atoms with Gasteiger partial charge in [0.15, 0.2) is 0 Å². The number of hydrogen-bond donors (Lipinski definition) is 1. The number of methoxy groups -OCH3 is 1. The van der Waals surface area contributed by atoms with Crippen LogP contribution in [0.1, 0.15) is 24.0 Å². The van der Waals surface area contributed by atoms with Crippen LogP contribution >= 0.6 is 0 Å². The van der Waals surface area contributed by atoms with E-state index in [1.165, 1.54) is 12.7 Å². The molecule has 6 nitrogen and oxygen atoms in total. The first-order valence-electron chi connectivity index (χ1n) is 8.72. The number of nitrogens with one attached hydrogen (secondary N) is 1. The van der Waals surface area contributed by atoms with Crippen LogP contribution in [-0.2, 0) is 11.2 Å². The molecule has 0 saturated carbocycles. The molecular weight excluding hydrogens is 328 g/mol. The maximum Gasteiger partial charge on any atom is 0.233 e. The van der Waals surface area contributed by atoms with Gasteiger partial charge in [-0.05, 0) is 24.5 Å². The van der Waals surface area contributed by atoms with Crippen molar-refractivity contribution in [2.75, 3.05) is 25.5 Å². The van der Waals surface area contributed by atoms with Crippen LogP contribution in [0.2, 0.25) is 0 Å². The Morgan fingerprint density at radius 3 is 2.88 bits per heavy atom. The molecule has 1 atom stereocenters. The summed E-state index contributed by atoms with van der Waals surface area (Å²) in [5, 5.41) is 12.6. The van der Waals surface area contributed by atoms with Crippen molar-refractivity contribution < 1.29 is 9.53 Å². The molecule has 0 radical (unpaired) electrons. The topological polar surface area (TPSA) is 78.2 Å². The number of nitrogens with zero attached hydrogens (tertiary/aromatic N) is 3. The SMILES string of the molecule is COc1nccc(NC2CC(=O)N(CCCc3ccccc3)C2)c1C#N. The summed E-state index contributed by atoms with van der Waals surface area (Å²) >= 11 is 0. The van der Waals surface area contributed by atoms with Gasteiger partial charge in [-0.2, -0.15) is 5.26 Å². The Morgan fingerprint density at radius 1 is 1.35 bits per heavy atom. The zero-order valence-electron chi connectivity index (χ0n) is 14.8. The molecule has 6 heteroatoms. The Balaban J connectivity index is 1.56. The number of amides is 1. The van der Waals surface area contributed by atoms with Crippen LogP contribution in [0.5, 0.6) is 5.88 Å². The first kappa shape index (κ1) is 17.7. The lowest BCUT2D eigenvalue weighted by atomic mass is 10.1. The number of anilines is 1. The van der Waals surface area contributed by atoms with Crippen molar-refractivity contribution in [1.82, 2.24) is 9.88 Å². The molecule has 1 aliphatic rings. The van der Waals surface area contributed by atoms with Gasteiger partial charge in [0.2, 0.25) is 11.8 Å². The van der Waals surface area contributed by atoms with E-state index in [4.69, 9.17) is 4.74 Å². The number of likely N-dealkylation sites (tertiary alicyclic amines) is 1. The number of aromatic nitrogens is 1. The molecule has 1 amide bonds. The summed E-state index contributed by atoms with van der Waals surface area (Å²) in [6.45, 7) is 1.39. The molecule has 1 fully saturated rings. The van der Waals surface area contributed by atoms with Gasteiger partial charge in [-0.15, -0.1) is 0 Å². The zero-order valence-corrected chi connectivity index (χ0v) is 14.8. The maximum atomic E-state index is 12.3. The third-order valence-electron chi connectivity index (χ3n) is 4.53. The van der Waals surface area contributed by atoms with Gasteiger partial charge in [-0.3, -0.25) is 4.79 Å². The smallest absolute Gasteiger partial charge is 0.233 e. The van der Waals surface area contributed by atoms with E-state index in [1.54, 1.807) is 12.3 Å². The first-order chi connectivity index (χ1) is 12.7. The summed E-state index contributed by atoms with van der Waals surface area (Å²) in [5.41, 5.74) is 2.31. The minimum absolute atomic E-state index is 0.0153. The number of benzene rings is 1. The number of ether oxygens (including phenoxy) is 1. The van der Waals surface area contributed by atoms with E-state index in [-0.39, 0.29) is 11.9 Å². The highest BCUT2D eigenvalue weighted by molar-refractivity contribution is 5.80. The van der Waals surface area contributed by atoms with Gasteiger partial charge in [0.05, 0.1) is 18.8 Å². The van der Waals surface area contributed by atoms with Gasteiger partial charge >= 0.3 is 0 Å². The van der Waals surface area contributed by atoms with Crippen molar-refractivity contribution in [2.24, 2.45) is 0 Å². The largest absolute Gasteiger partial charge is 0.480 e. The minimum atomic E-state index is -0.0153. The average Bonchev–Trinajstić information content (AvgIpc) is 3.01. The fraction of sp³-hybridized carbons (Fsp3) is 0.350. The molecule has 1 aromatic heterocycles. The lowest BCUT2D eigenvalue weighted by Crippen LogP contribution is -2.29. The predicted octanol–water partition coefficient (Wildman–Crippen LogP) is 2.61. The van der Waals surface area contributed by atoms with Crippen LogP contribution in [0, 0.1) is 11.3 Å². The van der Waals surface area contributed by atoms with Crippen molar-refractivity contribution >= 4 is 11.6 Å². The lowest BCUT2D eigenvalue weighted by molar-refractivity contribution is -0.127. The van der Waals surface area contributed by atoms with Gasteiger partial charge in [0, 0.05) is 25.7 Å². The summed E-state index contributed by atoms with van der Waals surface area (Å²) in [5.74, 6) is 0.441. The Bertz CT molecular complexity index is 801. The molecule has 134 valence electrons. The predicted molar refractivity (Wildman–Crippen MR) is 98.9 cm³/mol. The molecule has 26 heavy (non-hydrogen) atoms. The summed E-state index contributed by atoms with van der Waals surface area (Å²) in [6.07, 6.45) is 3.93. The number of carbonyl (C=O) groups excluding carboxylic acids is 1. The molecule has 2 aromatic rings. The average molecular weight is 350 g/mol. The second-order valence-corrected chi connectivity index (χ2v) is 6.33. The molecule has 0 aliphatic carbocycles. The van der Waals surface area contributed by atoms with Crippen LogP contribution in [0.4, 0.5) is 5.69 Å². The highest BCUT2D eigenvalue weighted by Gasteiger charge is 2.29. The molecule has 1 aliphatic heterocycles. The van der Waals surface area contributed by atoms with Crippen molar-refractivity contribution in [3.63, 3.8) is 0 Å². The van der Waals surface area contributed by atoms with Crippen molar-refractivity contribution in [3.8, 4) is 11.9 Å². The van der Waals surface area contributed by atoms with Crippen molar-refractivity contribution in [1.29, 1.82) is 5.26 Å². The Labute approximate surface area is 153 Å². The highest BCUT2D eigenvalue weighted by Crippen LogP contribution is 2.25. The Morgan fingerprint density at radius 2 is 2.15 bits per heavy atom. The Hall–Kier alpha value is -3.07. The summed E-state index contributed by atoms with van der Waals surface area (Å²) < 4.78 is 5.13. The molecule has 1 saturated heterocycles. The van der Waals surface area contributed by atoms with Gasteiger partial charge in [-0.1, -0.05) is 30.3 Å². The molecular formula is C20H22N4O2. The fourth-order valence-electron chi connectivity index (χ4n) is 3.25. The van der Waals surface area contributed by atoms with E-state index in [0.29, 0.717) is 30.1 Å². The third kappa shape index (κ3) is 4.12. The zero-order chi connectivity index (χ0) is 18.4. The van der Waals surface area contributed by atoms with E-state index in [9.17, 15) is 10.1 Å². The van der Waals surface area contributed by atoms with Crippen LogP contribution in [0.25, 0.3) is 0 Å². The van der Waals surface area contributed by atoms with Crippen LogP contribution in [0.3, 0.4) is 0 Å². The van der Waals surface area contributed by atoms with Gasteiger partial charge in [0.25, 0.3) is 0 Å². The molecule has 1 aromatic carbocycles. The molecule has 1 N–H and O–H groups in total. The van der Waals surface area contributed by atoms with E-state index in [0.717, 1.165) is 19.4 Å². The van der Waals surface area contributed by atoms with Gasteiger partial charge in [-0.25, -0.2) is 4.98 Å². The number of carbonyl (C=O) groups is 1. The number of hydrogen-bond acceptors (Lipinski definition) is 5. The molecule has 0 spiro atoms. The molecule has 2 heterocycles. The van der Waals surface area contributed by atoms with Crippen LogP contribution in [0.15, 0.2) is 42.6 Å². The van der Waals surface area contributed by atoms with E-state index in [2.05, 4.69) is 28.5 Å². The lowest BCUT2D eigenvalue weighted by Gasteiger charge is -2.18. The van der Waals surface area contributed by atoms with E-state index >= 15 is 0 Å². The monoisotopic (exact) mass is 350 g/mol. The van der Waals surface area contributed by atoms with E-state index in [1.807, 2.05) is 23.1 Å². The third-order valence-corrected chi connectivity index (χ3v) is 4.53. The van der Waals surface area contributed by atoms with Gasteiger partial charge < -0.3 is 15.0 Å². The summed E-state index contributed by atoms with van der Waals surface area (Å²) in [7, 11) is 1.49. The second kappa shape index (κ2) is 8.34. The maximum absolute atomic E-state index is 12.3. The molecule has 0 bridgehead atoms. The quantitative estimate of drug-likeness (QED) is 0.830.